The Morgan fingerprint density at radius 2 is 2.00 bits per heavy atom. The Bertz CT molecular complexity index is 133. The van der Waals surface area contributed by atoms with Crippen LogP contribution in [0.1, 0.15) is 0 Å². The molecule has 0 aromatic rings. The number of rotatable bonds is 1. The molecule has 0 heterocycles. The number of halogens is 3. The van der Waals surface area contributed by atoms with E-state index in [4.69, 9.17) is 40.5 Å². The Kier molecular flexibility index (Phi) is 3.56. The summed E-state index contributed by atoms with van der Waals surface area (Å²) >= 11 is 16.1. The number of alkyl halides is 3. The lowest BCUT2D eigenvalue weighted by molar-refractivity contribution is 0.219. The molecule has 0 aliphatic rings. The summed E-state index contributed by atoms with van der Waals surface area (Å²) in [5.74, 6) is 0. The van der Waals surface area contributed by atoms with Crippen LogP contribution in [-0.2, 0) is 0 Å². The van der Waals surface area contributed by atoms with Crippen molar-refractivity contribution in [1.82, 2.24) is 4.90 Å². The molecular weight excluding hydrogens is 198 g/mol. The average molecular weight is 205 g/mol. The molecule has 0 spiro atoms. The van der Waals surface area contributed by atoms with Crippen molar-refractivity contribution in [2.75, 3.05) is 13.6 Å². The molecule has 3 nitrogen and oxygen atoms in total. The van der Waals surface area contributed by atoms with E-state index in [1.165, 1.54) is 7.05 Å². The number of primary amides is 1. The van der Waals surface area contributed by atoms with Crippen molar-refractivity contribution in [2.24, 2.45) is 5.73 Å². The third kappa shape index (κ3) is 4.97. The van der Waals surface area contributed by atoms with Crippen LogP contribution >= 0.6 is 34.8 Å². The second-order valence-corrected chi connectivity index (χ2v) is 4.33. The Balaban J connectivity index is 3.80. The van der Waals surface area contributed by atoms with Crippen molar-refractivity contribution in [3.05, 3.63) is 0 Å². The molecule has 6 heteroatoms. The highest BCUT2D eigenvalue weighted by Gasteiger charge is 2.23. The van der Waals surface area contributed by atoms with E-state index >= 15 is 0 Å². The Morgan fingerprint density at radius 1 is 1.60 bits per heavy atom. The van der Waals surface area contributed by atoms with Gasteiger partial charge in [0, 0.05) is 7.05 Å². The summed E-state index contributed by atoms with van der Waals surface area (Å²) in [6.07, 6.45) is 0. The first-order valence-electron chi connectivity index (χ1n) is 2.40. The highest BCUT2D eigenvalue weighted by molar-refractivity contribution is 6.67. The first kappa shape index (κ1) is 10.1. The summed E-state index contributed by atoms with van der Waals surface area (Å²) in [6, 6.07) is -0.619. The number of carbonyl (C=O) groups is 1. The second-order valence-electron chi connectivity index (χ2n) is 1.81. The molecule has 2 amide bonds. The van der Waals surface area contributed by atoms with Gasteiger partial charge in [-0.2, -0.15) is 0 Å². The first-order chi connectivity index (χ1) is 4.33. The van der Waals surface area contributed by atoms with Crippen molar-refractivity contribution in [3.8, 4) is 0 Å². The first-order valence-corrected chi connectivity index (χ1v) is 3.53. The van der Waals surface area contributed by atoms with Gasteiger partial charge in [-0.15, -0.1) is 0 Å². The molecule has 0 aromatic heterocycles. The van der Waals surface area contributed by atoms with Gasteiger partial charge >= 0.3 is 6.03 Å². The average Bonchev–Trinajstić information content (AvgIpc) is 1.60. The number of nitrogens with two attached hydrogens (primary N) is 1. The monoisotopic (exact) mass is 204 g/mol. The minimum Gasteiger partial charge on any atom is -0.351 e. The van der Waals surface area contributed by atoms with E-state index < -0.39 is 9.82 Å². The molecule has 10 heavy (non-hydrogen) atoms. The standard InChI is InChI=1S/C4H7Cl3N2O/c1-9(3(8)10)2-4(5,6)7/h2H2,1H3,(H2,8,10). The summed E-state index contributed by atoms with van der Waals surface area (Å²) in [4.78, 5) is 11.5. The smallest absolute Gasteiger partial charge is 0.314 e. The fraction of sp³-hybridized carbons (Fsp3) is 0.750. The van der Waals surface area contributed by atoms with Gasteiger partial charge in [0.1, 0.15) is 0 Å². The van der Waals surface area contributed by atoms with Crippen molar-refractivity contribution in [2.45, 2.75) is 3.79 Å². The highest BCUT2D eigenvalue weighted by Crippen LogP contribution is 2.26. The van der Waals surface area contributed by atoms with Crippen LogP contribution in [0.5, 0.6) is 0 Å². The van der Waals surface area contributed by atoms with Gasteiger partial charge in [0.2, 0.25) is 3.79 Å². The van der Waals surface area contributed by atoms with Crippen LogP contribution in [0.4, 0.5) is 4.79 Å². The SMILES string of the molecule is CN(CC(Cl)(Cl)Cl)C(N)=O. The van der Waals surface area contributed by atoms with E-state index in [9.17, 15) is 4.79 Å². The van der Waals surface area contributed by atoms with Gasteiger partial charge in [-0.1, -0.05) is 34.8 Å². The van der Waals surface area contributed by atoms with Crippen LogP contribution in [0.25, 0.3) is 0 Å². The number of carbonyl (C=O) groups excluding carboxylic acids is 1. The normalized spacial score (nSPS) is 11.2. The van der Waals surface area contributed by atoms with E-state index in [2.05, 4.69) is 0 Å². The molecule has 0 unspecified atom stereocenters. The zero-order valence-corrected chi connectivity index (χ0v) is 7.54. The van der Waals surface area contributed by atoms with E-state index in [1.807, 2.05) is 0 Å². The van der Waals surface area contributed by atoms with Crippen LogP contribution in [0.15, 0.2) is 0 Å². The summed E-state index contributed by atoms with van der Waals surface area (Å²) in [6.45, 7) is -0.00694. The Hall–Kier alpha value is 0.140. The molecule has 0 rings (SSSR count). The van der Waals surface area contributed by atoms with Crippen LogP contribution in [0, 0.1) is 0 Å². The van der Waals surface area contributed by atoms with Gasteiger partial charge in [0.25, 0.3) is 0 Å². The molecule has 0 atom stereocenters. The number of nitrogens with zero attached hydrogens (tertiary/aromatic N) is 1. The molecular formula is C4H7Cl3N2O. The molecule has 0 saturated heterocycles. The fourth-order valence-corrected chi connectivity index (χ4v) is 0.885. The number of hydrogen-bond donors (Lipinski definition) is 1. The summed E-state index contributed by atoms with van der Waals surface area (Å²) in [7, 11) is 1.45. The minimum absolute atomic E-state index is 0.00694. The predicted octanol–water partition coefficient (Wildman–Crippen LogP) is 1.37. The minimum atomic E-state index is -1.45. The Morgan fingerprint density at radius 3 is 2.10 bits per heavy atom. The predicted molar refractivity (Wildman–Crippen MR) is 42.5 cm³/mol. The van der Waals surface area contributed by atoms with E-state index in [0.717, 1.165) is 4.90 Å². The zero-order valence-electron chi connectivity index (χ0n) is 5.27. The lowest BCUT2D eigenvalue weighted by atomic mass is 10.6. The number of amides is 2. The van der Waals surface area contributed by atoms with E-state index in [1.54, 1.807) is 0 Å². The Labute approximate surface area is 74.0 Å². The third-order valence-corrected chi connectivity index (χ3v) is 1.15. The van der Waals surface area contributed by atoms with Gasteiger partial charge in [0.15, 0.2) is 0 Å². The lowest BCUT2D eigenvalue weighted by Crippen LogP contribution is -2.37. The maximum Gasteiger partial charge on any atom is 0.314 e. The van der Waals surface area contributed by atoms with Crippen molar-refractivity contribution < 1.29 is 4.79 Å². The van der Waals surface area contributed by atoms with Crippen LogP contribution < -0.4 is 5.73 Å². The van der Waals surface area contributed by atoms with Gasteiger partial charge in [-0.25, -0.2) is 4.79 Å². The van der Waals surface area contributed by atoms with Crippen molar-refractivity contribution in [1.29, 1.82) is 0 Å². The van der Waals surface area contributed by atoms with Crippen LogP contribution in [0.3, 0.4) is 0 Å². The van der Waals surface area contributed by atoms with Gasteiger partial charge in [-0.05, 0) is 0 Å². The van der Waals surface area contributed by atoms with Gasteiger partial charge < -0.3 is 10.6 Å². The molecule has 60 valence electrons. The van der Waals surface area contributed by atoms with Gasteiger partial charge in [0.05, 0.1) is 6.54 Å². The number of hydrogen-bond acceptors (Lipinski definition) is 1. The van der Waals surface area contributed by atoms with Crippen LogP contribution in [-0.4, -0.2) is 28.3 Å². The fourth-order valence-electron chi connectivity index (χ4n) is 0.347. The third-order valence-electron chi connectivity index (χ3n) is 0.793. The largest absolute Gasteiger partial charge is 0.351 e. The van der Waals surface area contributed by atoms with Crippen molar-refractivity contribution in [3.63, 3.8) is 0 Å². The zero-order chi connectivity index (χ0) is 8.36. The summed E-state index contributed by atoms with van der Waals surface area (Å²) < 4.78 is -1.45. The van der Waals surface area contributed by atoms with E-state index in [-0.39, 0.29) is 6.54 Å². The highest BCUT2D eigenvalue weighted by atomic mass is 35.6. The summed E-state index contributed by atoms with van der Waals surface area (Å²) in [5.41, 5.74) is 4.85. The molecule has 0 aliphatic heterocycles. The van der Waals surface area contributed by atoms with Crippen LogP contribution in [0.2, 0.25) is 0 Å². The number of urea groups is 1. The quantitative estimate of drug-likeness (QED) is 0.646. The molecule has 0 bridgehead atoms. The maximum absolute atomic E-state index is 10.3. The van der Waals surface area contributed by atoms with Crippen molar-refractivity contribution >= 4 is 40.8 Å². The molecule has 0 fully saturated rings. The maximum atomic E-state index is 10.3. The molecule has 0 aromatic carbocycles. The molecule has 0 saturated carbocycles. The molecule has 2 N–H and O–H groups in total. The lowest BCUT2D eigenvalue weighted by Gasteiger charge is -2.18. The van der Waals surface area contributed by atoms with E-state index in [0.29, 0.717) is 0 Å². The molecule has 0 aliphatic carbocycles. The molecule has 0 radical (unpaired) electrons. The van der Waals surface area contributed by atoms with Gasteiger partial charge in [-0.3, -0.25) is 0 Å². The topological polar surface area (TPSA) is 46.3 Å². The second kappa shape index (κ2) is 3.51. The summed E-state index contributed by atoms with van der Waals surface area (Å²) in [5, 5.41) is 0.